The Morgan fingerprint density at radius 1 is 0.852 bits per heavy atom. The van der Waals surface area contributed by atoms with E-state index in [1.165, 1.54) is 0 Å². The number of aromatic nitrogens is 2. The van der Waals surface area contributed by atoms with Crippen molar-refractivity contribution in [3.8, 4) is 0 Å². The molecule has 3 heterocycles. The van der Waals surface area contributed by atoms with Gasteiger partial charge in [-0.25, -0.2) is 9.98 Å². The Morgan fingerprint density at radius 2 is 1.56 bits per heavy atom. The average Bonchev–Trinajstić information content (AvgIpc) is 3.35. The summed E-state index contributed by atoms with van der Waals surface area (Å²) in [4.78, 5) is 9.51. The van der Waals surface area contributed by atoms with Crippen LogP contribution in [0.1, 0.15) is 29.0 Å². The summed E-state index contributed by atoms with van der Waals surface area (Å²) in [5, 5.41) is 0.599. The monoisotopic (exact) mass is 373 g/mol. The molecule has 27 heavy (non-hydrogen) atoms. The van der Waals surface area contributed by atoms with Gasteiger partial charge in [0.25, 0.3) is 0 Å². The van der Waals surface area contributed by atoms with E-state index in [-0.39, 0.29) is 12.1 Å². The molecule has 0 radical (unpaired) electrons. The van der Waals surface area contributed by atoms with E-state index in [0.717, 1.165) is 11.1 Å². The smallest absolute Gasteiger partial charge is 0.238 e. The summed E-state index contributed by atoms with van der Waals surface area (Å²) in [6.45, 7) is 0. The summed E-state index contributed by atoms with van der Waals surface area (Å²) in [6, 6.07) is 24.0. The van der Waals surface area contributed by atoms with Gasteiger partial charge in [-0.1, -0.05) is 72.3 Å². The van der Waals surface area contributed by atoms with Gasteiger partial charge in [0, 0.05) is 12.4 Å². The second-order valence-electron chi connectivity index (χ2n) is 6.45. The van der Waals surface area contributed by atoms with Crippen LogP contribution in [0.15, 0.2) is 90.2 Å². The van der Waals surface area contributed by atoms with E-state index in [1.807, 2.05) is 65.3 Å². The number of fused-ring (bicyclic) bond motifs is 1. The quantitative estimate of drug-likeness (QED) is 0.492. The first-order valence-corrected chi connectivity index (χ1v) is 9.15. The summed E-state index contributed by atoms with van der Waals surface area (Å²) in [6.07, 6.45) is 3.62. The average molecular weight is 374 g/mol. The Bertz CT molecular complexity index is 1120. The highest BCUT2D eigenvalue weighted by Gasteiger charge is 2.35. The Balaban J connectivity index is 1.59. The number of ether oxygens (including phenoxy) is 1. The summed E-state index contributed by atoms with van der Waals surface area (Å²) in [5.74, 6) is 0.539. The SMILES string of the molecule is Clc1cccn2cc(C3=N[C@H](c4ccccc4)[C@@H](c4ccccc4)O3)nc12. The molecule has 0 aliphatic carbocycles. The Labute approximate surface area is 161 Å². The summed E-state index contributed by atoms with van der Waals surface area (Å²) in [5.41, 5.74) is 3.58. The molecule has 5 rings (SSSR count). The molecule has 1 aliphatic rings. The van der Waals surface area contributed by atoms with E-state index < -0.39 is 0 Å². The van der Waals surface area contributed by atoms with Crippen LogP contribution in [0.5, 0.6) is 0 Å². The Kier molecular flexibility index (Phi) is 3.91. The molecule has 0 unspecified atom stereocenters. The third-order valence-corrected chi connectivity index (χ3v) is 5.00. The fourth-order valence-electron chi connectivity index (χ4n) is 3.41. The van der Waals surface area contributed by atoms with Gasteiger partial charge in [0.1, 0.15) is 11.7 Å². The number of aliphatic imine (C=N–C) groups is 1. The summed E-state index contributed by atoms with van der Waals surface area (Å²) >= 11 is 6.26. The maximum atomic E-state index is 6.30. The van der Waals surface area contributed by atoms with Crippen LogP contribution in [-0.2, 0) is 4.74 Å². The number of hydrogen-bond donors (Lipinski definition) is 0. The van der Waals surface area contributed by atoms with E-state index >= 15 is 0 Å². The van der Waals surface area contributed by atoms with Gasteiger partial charge in [0.15, 0.2) is 11.8 Å². The van der Waals surface area contributed by atoms with Crippen molar-refractivity contribution in [2.45, 2.75) is 12.1 Å². The topological polar surface area (TPSA) is 38.9 Å². The van der Waals surface area contributed by atoms with E-state index in [4.69, 9.17) is 21.3 Å². The van der Waals surface area contributed by atoms with Gasteiger partial charge < -0.3 is 9.14 Å². The molecule has 0 saturated heterocycles. The van der Waals surface area contributed by atoms with Crippen molar-refractivity contribution >= 4 is 23.1 Å². The van der Waals surface area contributed by atoms with Crippen LogP contribution in [0, 0.1) is 0 Å². The minimum absolute atomic E-state index is 0.121. The van der Waals surface area contributed by atoms with Crippen LogP contribution in [-0.4, -0.2) is 15.3 Å². The summed E-state index contributed by atoms with van der Waals surface area (Å²) < 4.78 is 8.19. The van der Waals surface area contributed by atoms with Crippen LogP contribution in [0.4, 0.5) is 0 Å². The van der Waals surface area contributed by atoms with Crippen LogP contribution < -0.4 is 0 Å². The lowest BCUT2D eigenvalue weighted by Gasteiger charge is -2.18. The number of pyridine rings is 1. The molecular weight excluding hydrogens is 358 g/mol. The van der Waals surface area contributed by atoms with Crippen molar-refractivity contribution in [1.82, 2.24) is 9.38 Å². The van der Waals surface area contributed by atoms with Crippen LogP contribution in [0.3, 0.4) is 0 Å². The predicted molar refractivity (Wildman–Crippen MR) is 106 cm³/mol. The van der Waals surface area contributed by atoms with Crippen LogP contribution >= 0.6 is 11.6 Å². The van der Waals surface area contributed by atoms with Gasteiger partial charge in [-0.05, 0) is 23.3 Å². The van der Waals surface area contributed by atoms with Crippen LogP contribution in [0.2, 0.25) is 5.02 Å². The number of halogens is 1. The molecule has 4 nitrogen and oxygen atoms in total. The predicted octanol–water partition coefficient (Wildman–Crippen LogP) is 5.25. The largest absolute Gasteiger partial charge is 0.465 e. The molecule has 0 fully saturated rings. The van der Waals surface area contributed by atoms with Crippen molar-refractivity contribution in [1.29, 1.82) is 0 Å². The molecule has 132 valence electrons. The lowest BCUT2D eigenvalue weighted by atomic mass is 9.97. The highest BCUT2D eigenvalue weighted by molar-refractivity contribution is 6.33. The molecule has 0 bridgehead atoms. The van der Waals surface area contributed by atoms with Crippen molar-refractivity contribution < 1.29 is 4.74 Å². The van der Waals surface area contributed by atoms with Gasteiger partial charge in [-0.2, -0.15) is 0 Å². The number of nitrogens with zero attached hydrogens (tertiary/aromatic N) is 3. The lowest BCUT2D eigenvalue weighted by Crippen LogP contribution is -2.09. The van der Waals surface area contributed by atoms with Gasteiger partial charge >= 0.3 is 0 Å². The second kappa shape index (κ2) is 6.56. The highest BCUT2D eigenvalue weighted by atomic mass is 35.5. The molecule has 2 aromatic heterocycles. The minimum Gasteiger partial charge on any atom is -0.465 e. The number of imidazole rings is 1. The number of benzene rings is 2. The molecule has 2 atom stereocenters. The molecule has 4 aromatic rings. The molecule has 0 amide bonds. The highest BCUT2D eigenvalue weighted by Crippen LogP contribution is 2.41. The maximum absolute atomic E-state index is 6.30. The van der Waals surface area contributed by atoms with Crippen LogP contribution in [0.25, 0.3) is 5.65 Å². The molecule has 2 aromatic carbocycles. The van der Waals surface area contributed by atoms with E-state index in [1.54, 1.807) is 0 Å². The first kappa shape index (κ1) is 16.1. The zero-order chi connectivity index (χ0) is 18.2. The van der Waals surface area contributed by atoms with Crippen molar-refractivity contribution in [3.63, 3.8) is 0 Å². The summed E-state index contributed by atoms with van der Waals surface area (Å²) in [7, 11) is 0. The van der Waals surface area contributed by atoms with E-state index in [9.17, 15) is 0 Å². The van der Waals surface area contributed by atoms with Gasteiger partial charge in [0.2, 0.25) is 5.90 Å². The maximum Gasteiger partial charge on any atom is 0.238 e. The first-order chi connectivity index (χ1) is 13.3. The molecule has 1 aliphatic heterocycles. The van der Waals surface area contributed by atoms with Gasteiger partial charge in [-0.3, -0.25) is 0 Å². The standard InChI is InChI=1S/C22H16ClN3O/c23-17-12-7-13-26-14-18(24-21(17)26)22-25-19(15-8-3-1-4-9-15)20(27-22)16-10-5-2-6-11-16/h1-14,19-20H/t19-,20-/m1/s1. The minimum atomic E-state index is -0.191. The molecular formula is C22H16ClN3O. The third kappa shape index (κ3) is 2.88. The third-order valence-electron chi connectivity index (χ3n) is 4.71. The second-order valence-corrected chi connectivity index (χ2v) is 6.86. The van der Waals surface area contributed by atoms with Crippen molar-refractivity contribution in [3.05, 3.63) is 107 Å². The fraction of sp³-hybridized carbons (Fsp3) is 0.0909. The zero-order valence-electron chi connectivity index (χ0n) is 14.4. The Hall–Kier alpha value is -3.11. The van der Waals surface area contributed by atoms with E-state index in [0.29, 0.717) is 22.3 Å². The molecule has 0 spiro atoms. The van der Waals surface area contributed by atoms with Crippen molar-refractivity contribution in [2.75, 3.05) is 0 Å². The Morgan fingerprint density at radius 3 is 2.26 bits per heavy atom. The normalized spacial score (nSPS) is 19.1. The van der Waals surface area contributed by atoms with Gasteiger partial charge in [-0.15, -0.1) is 0 Å². The fourth-order valence-corrected chi connectivity index (χ4v) is 3.62. The first-order valence-electron chi connectivity index (χ1n) is 8.77. The van der Waals surface area contributed by atoms with E-state index in [2.05, 4.69) is 29.2 Å². The number of hydrogen-bond acceptors (Lipinski definition) is 3. The van der Waals surface area contributed by atoms with Gasteiger partial charge in [0.05, 0.1) is 5.02 Å². The zero-order valence-corrected chi connectivity index (χ0v) is 15.1. The molecule has 5 heteroatoms. The lowest BCUT2D eigenvalue weighted by molar-refractivity contribution is 0.196. The molecule has 0 N–H and O–H groups in total. The number of rotatable bonds is 3. The van der Waals surface area contributed by atoms with Crippen molar-refractivity contribution in [2.24, 2.45) is 4.99 Å². The molecule has 0 saturated carbocycles.